The number of hydrogen-bond donors (Lipinski definition) is 0. The first-order valence-corrected chi connectivity index (χ1v) is 11.0. The van der Waals surface area contributed by atoms with Gasteiger partial charge in [-0.2, -0.15) is 4.57 Å². The van der Waals surface area contributed by atoms with Gasteiger partial charge in [-0.15, -0.1) is 0 Å². The topological polar surface area (TPSA) is 44.8 Å². The maximum atomic E-state index is 13.9. The van der Waals surface area contributed by atoms with Crippen molar-refractivity contribution in [3.8, 4) is 17.2 Å². The van der Waals surface area contributed by atoms with Crippen molar-refractivity contribution in [3.05, 3.63) is 88.0 Å². The average molecular weight is 410 g/mol. The highest BCUT2D eigenvalue weighted by Gasteiger charge is 2.35. The van der Waals surface area contributed by atoms with Gasteiger partial charge >= 0.3 is 7.82 Å². The normalized spacial score (nSPS) is 11.2. The van der Waals surface area contributed by atoms with Crippen molar-refractivity contribution < 1.29 is 18.1 Å². The molecule has 0 amide bonds. The Morgan fingerprint density at radius 3 is 1.48 bits per heavy atom. The molecule has 152 valence electrons. The lowest BCUT2D eigenvalue weighted by Gasteiger charge is -2.23. The van der Waals surface area contributed by atoms with Crippen LogP contribution in [-0.4, -0.2) is 0 Å². The van der Waals surface area contributed by atoms with Crippen LogP contribution in [0.25, 0.3) is 0 Å². The number of aryl methyl sites for hydroxylation is 6. The molecule has 0 fully saturated rings. The SMILES string of the molecule is Cc1ccc(C)c(OP(=O)(Oc2c(C)cccc2C)Oc2c(C)cccc2C)c1. The fourth-order valence-corrected chi connectivity index (χ4v) is 4.66. The van der Waals surface area contributed by atoms with E-state index in [1.807, 2.05) is 96.1 Å². The molecular formula is C24H27O4P. The van der Waals surface area contributed by atoms with Crippen LogP contribution >= 0.6 is 7.82 Å². The van der Waals surface area contributed by atoms with Crippen molar-refractivity contribution in [1.29, 1.82) is 0 Å². The molecule has 0 radical (unpaired) electrons. The summed E-state index contributed by atoms with van der Waals surface area (Å²) < 4.78 is 31.9. The Morgan fingerprint density at radius 2 is 1.03 bits per heavy atom. The van der Waals surface area contributed by atoms with E-state index in [-0.39, 0.29) is 0 Å². The van der Waals surface area contributed by atoms with E-state index >= 15 is 0 Å². The molecule has 0 bridgehead atoms. The molecule has 0 spiro atoms. The first-order chi connectivity index (χ1) is 13.7. The predicted molar refractivity (Wildman–Crippen MR) is 117 cm³/mol. The maximum absolute atomic E-state index is 13.9. The Kier molecular flexibility index (Phi) is 6.04. The lowest BCUT2D eigenvalue weighted by Crippen LogP contribution is -2.10. The van der Waals surface area contributed by atoms with Crippen molar-refractivity contribution in [3.63, 3.8) is 0 Å². The monoisotopic (exact) mass is 410 g/mol. The van der Waals surface area contributed by atoms with Gasteiger partial charge in [-0.25, -0.2) is 0 Å². The van der Waals surface area contributed by atoms with E-state index in [4.69, 9.17) is 13.6 Å². The number of rotatable bonds is 6. The van der Waals surface area contributed by atoms with Crippen molar-refractivity contribution in [2.45, 2.75) is 41.5 Å². The second kappa shape index (κ2) is 8.34. The molecule has 0 aliphatic heterocycles. The number of phosphoric acid groups is 1. The zero-order valence-corrected chi connectivity index (χ0v) is 18.7. The van der Waals surface area contributed by atoms with Gasteiger partial charge in [-0.05, 0) is 81.0 Å². The summed E-state index contributed by atoms with van der Waals surface area (Å²) in [5, 5.41) is 0. The lowest BCUT2D eigenvalue weighted by molar-refractivity contribution is 0.295. The molecular weight excluding hydrogens is 383 g/mol. The smallest absolute Gasteiger partial charge is 0.386 e. The summed E-state index contributed by atoms with van der Waals surface area (Å²) in [5.41, 5.74) is 5.29. The van der Waals surface area contributed by atoms with E-state index in [0.717, 1.165) is 33.4 Å². The quantitative estimate of drug-likeness (QED) is 0.404. The fraction of sp³-hybridized carbons (Fsp3) is 0.250. The molecule has 3 aromatic carbocycles. The second-order valence-corrected chi connectivity index (χ2v) is 8.87. The van der Waals surface area contributed by atoms with Crippen LogP contribution in [0.4, 0.5) is 0 Å². The van der Waals surface area contributed by atoms with Crippen molar-refractivity contribution in [2.24, 2.45) is 0 Å². The summed E-state index contributed by atoms with van der Waals surface area (Å²) in [7, 11) is -4.04. The summed E-state index contributed by atoms with van der Waals surface area (Å²) >= 11 is 0. The van der Waals surface area contributed by atoms with Crippen molar-refractivity contribution in [2.75, 3.05) is 0 Å². The molecule has 0 atom stereocenters. The van der Waals surface area contributed by atoms with Crippen molar-refractivity contribution >= 4 is 7.82 Å². The van der Waals surface area contributed by atoms with Crippen LogP contribution in [0.3, 0.4) is 0 Å². The van der Waals surface area contributed by atoms with Crippen LogP contribution in [0.1, 0.15) is 33.4 Å². The molecule has 0 saturated heterocycles. The van der Waals surface area contributed by atoms with Gasteiger partial charge in [0.2, 0.25) is 0 Å². The third-order valence-electron chi connectivity index (χ3n) is 4.78. The highest BCUT2D eigenvalue weighted by molar-refractivity contribution is 7.49. The molecule has 3 rings (SSSR count). The van der Waals surface area contributed by atoms with Gasteiger partial charge in [-0.3, -0.25) is 0 Å². The molecule has 4 nitrogen and oxygen atoms in total. The van der Waals surface area contributed by atoms with Crippen LogP contribution in [0.2, 0.25) is 0 Å². The second-order valence-electron chi connectivity index (χ2n) is 7.43. The number of para-hydroxylation sites is 2. The molecule has 0 aliphatic carbocycles. The van der Waals surface area contributed by atoms with Crippen molar-refractivity contribution in [1.82, 2.24) is 0 Å². The van der Waals surface area contributed by atoms with Gasteiger partial charge in [0.15, 0.2) is 0 Å². The van der Waals surface area contributed by atoms with Crippen LogP contribution in [0.15, 0.2) is 54.6 Å². The van der Waals surface area contributed by atoms with E-state index in [9.17, 15) is 4.57 Å². The Balaban J connectivity index is 2.07. The molecule has 0 saturated carbocycles. The van der Waals surface area contributed by atoms with Gasteiger partial charge in [0.05, 0.1) is 0 Å². The average Bonchev–Trinajstić information content (AvgIpc) is 2.65. The number of benzene rings is 3. The fourth-order valence-electron chi connectivity index (χ4n) is 3.09. The first-order valence-electron chi connectivity index (χ1n) is 9.57. The zero-order chi connectivity index (χ0) is 21.2. The summed E-state index contributed by atoms with van der Waals surface area (Å²) in [6.07, 6.45) is 0. The molecule has 0 heterocycles. The molecule has 3 aromatic rings. The molecule has 0 unspecified atom stereocenters. The summed E-state index contributed by atoms with van der Waals surface area (Å²) in [5.74, 6) is 1.49. The van der Waals surface area contributed by atoms with Crippen LogP contribution in [-0.2, 0) is 4.57 Å². The molecule has 0 aliphatic rings. The first kappa shape index (κ1) is 21.0. The molecule has 0 N–H and O–H groups in total. The van der Waals surface area contributed by atoms with Gasteiger partial charge in [0.25, 0.3) is 0 Å². The summed E-state index contributed by atoms with van der Waals surface area (Å²) in [4.78, 5) is 0. The van der Waals surface area contributed by atoms with E-state index in [0.29, 0.717) is 17.2 Å². The zero-order valence-electron chi connectivity index (χ0n) is 17.8. The van der Waals surface area contributed by atoms with E-state index in [2.05, 4.69) is 0 Å². The number of hydrogen-bond acceptors (Lipinski definition) is 4. The predicted octanol–water partition coefficient (Wildman–Crippen LogP) is 7.18. The van der Waals surface area contributed by atoms with Crippen LogP contribution in [0.5, 0.6) is 17.2 Å². The maximum Gasteiger partial charge on any atom is 0.647 e. The van der Waals surface area contributed by atoms with Gasteiger partial charge in [0.1, 0.15) is 17.2 Å². The van der Waals surface area contributed by atoms with Gasteiger partial charge in [0, 0.05) is 0 Å². The van der Waals surface area contributed by atoms with Gasteiger partial charge in [-0.1, -0.05) is 48.5 Å². The van der Waals surface area contributed by atoms with Crippen LogP contribution in [0, 0.1) is 41.5 Å². The summed E-state index contributed by atoms with van der Waals surface area (Å²) in [6.45, 7) is 11.5. The Bertz CT molecular complexity index is 990. The Morgan fingerprint density at radius 1 is 0.586 bits per heavy atom. The largest absolute Gasteiger partial charge is 0.647 e. The molecule has 0 aromatic heterocycles. The van der Waals surface area contributed by atoms with Crippen LogP contribution < -0.4 is 13.6 Å². The standard InChI is InChI=1S/C24H27O4P/c1-16-13-14-17(2)22(15-16)26-29(25,27-23-18(3)9-7-10-19(23)4)28-24-20(5)11-8-12-21(24)6/h7-15H,1-6H3. The van der Waals surface area contributed by atoms with E-state index in [1.165, 1.54) is 0 Å². The minimum absolute atomic E-state index is 0.478. The Hall–Kier alpha value is -2.71. The highest BCUT2D eigenvalue weighted by atomic mass is 31.2. The molecule has 5 heteroatoms. The Labute approximate surface area is 173 Å². The minimum Gasteiger partial charge on any atom is -0.386 e. The highest BCUT2D eigenvalue weighted by Crippen LogP contribution is 2.52. The lowest BCUT2D eigenvalue weighted by atomic mass is 10.1. The van der Waals surface area contributed by atoms with E-state index in [1.54, 1.807) is 0 Å². The molecule has 29 heavy (non-hydrogen) atoms. The van der Waals surface area contributed by atoms with Gasteiger partial charge < -0.3 is 13.6 Å². The number of phosphoric ester groups is 1. The summed E-state index contributed by atoms with van der Waals surface area (Å²) in [6, 6.07) is 17.2. The minimum atomic E-state index is -4.04. The third kappa shape index (κ3) is 4.83. The van der Waals surface area contributed by atoms with E-state index < -0.39 is 7.82 Å². The third-order valence-corrected chi connectivity index (χ3v) is 6.01.